The van der Waals surface area contributed by atoms with Crippen LogP contribution in [0.15, 0.2) is 4.47 Å². The summed E-state index contributed by atoms with van der Waals surface area (Å²) in [5.41, 5.74) is 0.807. The maximum atomic E-state index is 6.02. The normalized spacial score (nSPS) is 11.1. The van der Waals surface area contributed by atoms with Crippen LogP contribution in [-0.2, 0) is 17.8 Å². The Labute approximate surface area is 110 Å². The van der Waals surface area contributed by atoms with Gasteiger partial charge in [-0.3, -0.25) is 0 Å². The van der Waals surface area contributed by atoms with E-state index in [0.717, 1.165) is 28.8 Å². The summed E-state index contributed by atoms with van der Waals surface area (Å²) in [6.07, 6.45) is 1.91. The van der Waals surface area contributed by atoms with Crippen LogP contribution in [0.25, 0.3) is 0 Å². The number of halogens is 2. The molecule has 0 saturated heterocycles. The number of ether oxygens (including phenoxy) is 1. The minimum Gasteiger partial charge on any atom is -0.378 e. The number of aryl methyl sites for hydroxylation is 1. The fraction of sp³-hybridized carbons (Fsp3) is 0.636. The first-order chi connectivity index (χ1) is 7.54. The van der Waals surface area contributed by atoms with Crippen LogP contribution in [0, 0.1) is 5.92 Å². The zero-order valence-electron chi connectivity index (χ0n) is 9.76. The molecular weight excluding hydrogens is 291 g/mol. The van der Waals surface area contributed by atoms with Crippen molar-refractivity contribution in [1.82, 2.24) is 9.97 Å². The molecule has 0 unspecified atom stereocenters. The van der Waals surface area contributed by atoms with Crippen LogP contribution in [0.4, 0.5) is 0 Å². The first-order valence-corrected chi connectivity index (χ1v) is 6.41. The minimum absolute atomic E-state index is 0.442. The zero-order valence-corrected chi connectivity index (χ0v) is 12.1. The summed E-state index contributed by atoms with van der Waals surface area (Å²) in [6.45, 7) is 4.80. The lowest BCUT2D eigenvalue weighted by atomic mass is 10.1. The quantitative estimate of drug-likeness (QED) is 0.779. The smallest absolute Gasteiger partial charge is 0.147 e. The van der Waals surface area contributed by atoms with Gasteiger partial charge < -0.3 is 4.74 Å². The molecule has 0 radical (unpaired) electrons. The fourth-order valence-corrected chi connectivity index (χ4v) is 1.77. The van der Waals surface area contributed by atoms with Crippen molar-refractivity contribution < 1.29 is 4.74 Å². The molecule has 1 aromatic heterocycles. The monoisotopic (exact) mass is 306 g/mol. The number of rotatable bonds is 5. The molecule has 1 aromatic rings. The summed E-state index contributed by atoms with van der Waals surface area (Å²) in [5, 5.41) is 0.459. The largest absolute Gasteiger partial charge is 0.378 e. The highest BCUT2D eigenvalue weighted by molar-refractivity contribution is 9.10. The molecule has 0 bridgehead atoms. The van der Waals surface area contributed by atoms with E-state index in [1.165, 1.54) is 0 Å². The molecule has 0 fully saturated rings. The number of nitrogens with zero attached hydrogens (tertiary/aromatic N) is 2. The summed E-state index contributed by atoms with van der Waals surface area (Å²) in [5.74, 6) is 1.42. The highest BCUT2D eigenvalue weighted by Crippen LogP contribution is 2.24. The van der Waals surface area contributed by atoms with E-state index in [-0.39, 0.29) is 0 Å². The molecule has 0 aliphatic rings. The van der Waals surface area contributed by atoms with E-state index in [2.05, 4.69) is 39.7 Å². The van der Waals surface area contributed by atoms with Crippen LogP contribution in [0.1, 0.15) is 31.8 Å². The van der Waals surface area contributed by atoms with Gasteiger partial charge in [0.05, 0.1) is 16.8 Å². The van der Waals surface area contributed by atoms with E-state index in [4.69, 9.17) is 16.3 Å². The molecule has 0 aliphatic carbocycles. The number of hydrogen-bond acceptors (Lipinski definition) is 3. The Morgan fingerprint density at radius 2 is 2.06 bits per heavy atom. The molecule has 0 spiro atoms. The minimum atomic E-state index is 0.442. The third-order valence-electron chi connectivity index (χ3n) is 2.15. The number of hydrogen-bond donors (Lipinski definition) is 0. The lowest BCUT2D eigenvalue weighted by Gasteiger charge is -2.08. The van der Waals surface area contributed by atoms with Crippen molar-refractivity contribution in [1.29, 1.82) is 0 Å². The Morgan fingerprint density at radius 1 is 1.38 bits per heavy atom. The second kappa shape index (κ2) is 6.52. The molecule has 16 heavy (non-hydrogen) atoms. The average molecular weight is 308 g/mol. The van der Waals surface area contributed by atoms with E-state index >= 15 is 0 Å². The first kappa shape index (κ1) is 13.9. The zero-order chi connectivity index (χ0) is 12.1. The molecule has 90 valence electrons. The fourth-order valence-electron chi connectivity index (χ4n) is 1.27. The Kier molecular flexibility index (Phi) is 5.66. The first-order valence-electron chi connectivity index (χ1n) is 5.24. The highest BCUT2D eigenvalue weighted by Gasteiger charge is 2.10. The molecule has 3 nitrogen and oxygen atoms in total. The van der Waals surface area contributed by atoms with Crippen molar-refractivity contribution in [2.45, 2.75) is 33.3 Å². The van der Waals surface area contributed by atoms with Gasteiger partial charge in [-0.15, -0.1) is 0 Å². The van der Waals surface area contributed by atoms with Crippen molar-refractivity contribution >= 4 is 27.5 Å². The van der Waals surface area contributed by atoms with E-state index in [1.807, 2.05) is 0 Å². The molecule has 0 aliphatic heterocycles. The van der Waals surface area contributed by atoms with Crippen molar-refractivity contribution in [3.63, 3.8) is 0 Å². The summed E-state index contributed by atoms with van der Waals surface area (Å²) in [7, 11) is 1.64. The van der Waals surface area contributed by atoms with Gasteiger partial charge in [-0.25, -0.2) is 9.97 Å². The topological polar surface area (TPSA) is 35.0 Å². The van der Waals surface area contributed by atoms with Gasteiger partial charge in [-0.1, -0.05) is 25.4 Å². The van der Waals surface area contributed by atoms with Gasteiger partial charge in [-0.05, 0) is 28.3 Å². The maximum absolute atomic E-state index is 6.02. The molecular formula is C11H16BrClN2O. The van der Waals surface area contributed by atoms with Crippen LogP contribution < -0.4 is 0 Å². The molecule has 0 aromatic carbocycles. The SMILES string of the molecule is COCc1nc(CCC(C)C)nc(Cl)c1Br. The van der Waals surface area contributed by atoms with Crippen LogP contribution in [-0.4, -0.2) is 17.1 Å². The second-order valence-electron chi connectivity index (χ2n) is 4.06. The Bertz CT molecular complexity index is 358. The van der Waals surface area contributed by atoms with Gasteiger partial charge in [0.2, 0.25) is 0 Å². The van der Waals surface area contributed by atoms with E-state index in [0.29, 0.717) is 17.7 Å². The van der Waals surface area contributed by atoms with Gasteiger partial charge in [-0.2, -0.15) is 0 Å². The molecule has 0 saturated carbocycles. The van der Waals surface area contributed by atoms with Crippen LogP contribution >= 0.6 is 27.5 Å². The number of aromatic nitrogens is 2. The van der Waals surface area contributed by atoms with Crippen molar-refractivity contribution in [2.24, 2.45) is 5.92 Å². The highest BCUT2D eigenvalue weighted by atomic mass is 79.9. The average Bonchev–Trinajstić information content (AvgIpc) is 2.22. The Balaban J connectivity index is 2.86. The van der Waals surface area contributed by atoms with Crippen molar-refractivity contribution in [3.05, 3.63) is 21.1 Å². The predicted molar refractivity (Wildman–Crippen MR) is 68.6 cm³/mol. The Hall–Kier alpha value is -0.190. The third kappa shape index (κ3) is 4.00. The van der Waals surface area contributed by atoms with Crippen LogP contribution in [0.3, 0.4) is 0 Å². The van der Waals surface area contributed by atoms with E-state index < -0.39 is 0 Å². The number of methoxy groups -OCH3 is 1. The summed E-state index contributed by atoms with van der Waals surface area (Å²) in [4.78, 5) is 8.67. The van der Waals surface area contributed by atoms with Crippen LogP contribution in [0.5, 0.6) is 0 Å². The molecule has 0 atom stereocenters. The Morgan fingerprint density at radius 3 is 2.62 bits per heavy atom. The van der Waals surface area contributed by atoms with Gasteiger partial charge in [0.25, 0.3) is 0 Å². The molecule has 5 heteroatoms. The predicted octanol–water partition coefficient (Wildman–Crippen LogP) is 3.63. The second-order valence-corrected chi connectivity index (χ2v) is 5.21. The van der Waals surface area contributed by atoms with Gasteiger partial charge in [0.1, 0.15) is 11.0 Å². The molecule has 1 heterocycles. The third-order valence-corrected chi connectivity index (χ3v) is 3.49. The van der Waals surface area contributed by atoms with Crippen molar-refractivity contribution in [3.8, 4) is 0 Å². The summed E-state index contributed by atoms with van der Waals surface area (Å²) in [6, 6.07) is 0. The lowest BCUT2D eigenvalue weighted by molar-refractivity contribution is 0.180. The summed E-state index contributed by atoms with van der Waals surface area (Å²) >= 11 is 9.37. The lowest BCUT2D eigenvalue weighted by Crippen LogP contribution is -2.04. The molecule has 1 rings (SSSR count). The van der Waals surface area contributed by atoms with E-state index in [1.54, 1.807) is 7.11 Å². The standard InChI is InChI=1S/C11H16BrClN2O/c1-7(2)4-5-9-14-8(6-16-3)10(12)11(13)15-9/h7H,4-6H2,1-3H3. The van der Waals surface area contributed by atoms with Crippen molar-refractivity contribution in [2.75, 3.05) is 7.11 Å². The van der Waals surface area contributed by atoms with Gasteiger partial charge >= 0.3 is 0 Å². The molecule has 0 N–H and O–H groups in total. The van der Waals surface area contributed by atoms with E-state index in [9.17, 15) is 0 Å². The molecule has 0 amide bonds. The summed E-state index contributed by atoms with van der Waals surface area (Å²) < 4.78 is 5.79. The van der Waals surface area contributed by atoms with Gasteiger partial charge in [0, 0.05) is 13.5 Å². The van der Waals surface area contributed by atoms with Crippen LogP contribution in [0.2, 0.25) is 5.15 Å². The maximum Gasteiger partial charge on any atom is 0.147 e. The van der Waals surface area contributed by atoms with Gasteiger partial charge in [0.15, 0.2) is 0 Å².